The summed E-state index contributed by atoms with van der Waals surface area (Å²) in [5.41, 5.74) is 9.00. The standard InChI is InChI=1S/C37H42F3N7O3/c1-22-21-50-36-33-29(11-30(38)34(36)46-16-24-12-37(39,40)13-25(24)17-46)35(48)26(19-47(22)33)18-45(15-23-7-8-42-32(10-23)49-2)28-4-3-9-44(20-28)27-5-6-31(41)43-14-27/h5-8,10-11,14,19,22,24-25,28H,3-4,9,12-13,15-18,20-21H2,1-2H3,(H2,41,43)/t22?,24?,25?,28-/m0/s1. The van der Waals surface area contributed by atoms with Crippen molar-refractivity contribution in [1.82, 2.24) is 19.4 Å². The van der Waals surface area contributed by atoms with Gasteiger partial charge in [0.05, 0.1) is 35.9 Å². The minimum atomic E-state index is -2.67. The Morgan fingerprint density at radius 1 is 1.08 bits per heavy atom. The number of nitrogen functional groups attached to an aromatic ring is 1. The van der Waals surface area contributed by atoms with Gasteiger partial charge in [-0.25, -0.2) is 23.1 Å². The average molecular weight is 690 g/mol. The molecular weight excluding hydrogens is 647 g/mol. The van der Waals surface area contributed by atoms with Crippen LogP contribution in [0.5, 0.6) is 11.6 Å². The summed E-state index contributed by atoms with van der Waals surface area (Å²) in [7, 11) is 1.59. The second-order valence-corrected chi connectivity index (χ2v) is 14.5. The van der Waals surface area contributed by atoms with Gasteiger partial charge in [-0.05, 0) is 61.4 Å². The third-order valence-corrected chi connectivity index (χ3v) is 11.0. The highest BCUT2D eigenvalue weighted by Gasteiger charge is 2.51. The van der Waals surface area contributed by atoms with Gasteiger partial charge in [0.2, 0.25) is 11.8 Å². The molecule has 0 bridgehead atoms. The van der Waals surface area contributed by atoms with Gasteiger partial charge >= 0.3 is 0 Å². The molecule has 4 aromatic rings. The minimum Gasteiger partial charge on any atom is -0.487 e. The Labute approximate surface area is 288 Å². The predicted octanol–water partition coefficient (Wildman–Crippen LogP) is 5.63. The first kappa shape index (κ1) is 32.7. The topological polar surface area (TPSA) is 102 Å². The van der Waals surface area contributed by atoms with Crippen LogP contribution in [0.4, 0.5) is 30.4 Å². The van der Waals surface area contributed by atoms with E-state index < -0.39 is 11.7 Å². The molecule has 3 aliphatic heterocycles. The van der Waals surface area contributed by atoms with Crippen LogP contribution in [0.15, 0.2) is 53.7 Å². The molecule has 50 heavy (non-hydrogen) atoms. The molecule has 0 amide bonds. The first-order valence-electron chi connectivity index (χ1n) is 17.4. The molecule has 4 atom stereocenters. The zero-order valence-electron chi connectivity index (χ0n) is 28.3. The highest BCUT2D eigenvalue weighted by atomic mass is 19.3. The van der Waals surface area contributed by atoms with E-state index in [1.54, 1.807) is 25.6 Å². The Hall–Kier alpha value is -4.52. The van der Waals surface area contributed by atoms with Gasteiger partial charge in [0.1, 0.15) is 18.1 Å². The van der Waals surface area contributed by atoms with Crippen LogP contribution < -0.4 is 30.4 Å². The molecule has 2 N–H and O–H groups in total. The van der Waals surface area contributed by atoms with Crippen molar-refractivity contribution in [2.45, 2.75) is 63.7 Å². The first-order valence-corrected chi connectivity index (χ1v) is 17.4. The number of methoxy groups -OCH3 is 1. The number of nitrogens with two attached hydrogens (primary N) is 1. The first-order chi connectivity index (χ1) is 24.1. The largest absolute Gasteiger partial charge is 0.487 e. The summed E-state index contributed by atoms with van der Waals surface area (Å²) in [5.74, 6) is -2.31. The summed E-state index contributed by atoms with van der Waals surface area (Å²) in [4.78, 5) is 29.4. The lowest BCUT2D eigenvalue weighted by Crippen LogP contribution is -2.48. The van der Waals surface area contributed by atoms with Crippen molar-refractivity contribution in [2.75, 3.05) is 55.4 Å². The summed E-state index contributed by atoms with van der Waals surface area (Å²) in [6, 6.07) is 8.96. The maximum atomic E-state index is 16.2. The second-order valence-electron chi connectivity index (χ2n) is 14.5. The summed E-state index contributed by atoms with van der Waals surface area (Å²) in [6.07, 6.45) is 6.95. The highest BCUT2D eigenvalue weighted by Crippen LogP contribution is 2.50. The van der Waals surface area contributed by atoms with E-state index >= 15 is 4.39 Å². The molecule has 8 rings (SSSR count). The molecule has 4 aliphatic rings. The van der Waals surface area contributed by atoms with E-state index in [1.165, 1.54) is 6.07 Å². The van der Waals surface area contributed by atoms with Crippen LogP contribution in [0, 0.1) is 17.7 Å². The van der Waals surface area contributed by atoms with E-state index in [2.05, 4.69) is 19.8 Å². The van der Waals surface area contributed by atoms with E-state index in [1.807, 2.05) is 40.8 Å². The van der Waals surface area contributed by atoms with Gasteiger partial charge in [0.15, 0.2) is 17.0 Å². The number of fused-ring (bicyclic) bond motifs is 1. The van der Waals surface area contributed by atoms with Crippen LogP contribution in [-0.4, -0.2) is 71.3 Å². The number of hydrogen-bond donors (Lipinski definition) is 1. The molecule has 0 spiro atoms. The smallest absolute Gasteiger partial charge is 0.248 e. The maximum absolute atomic E-state index is 16.2. The van der Waals surface area contributed by atoms with Crippen LogP contribution in [-0.2, 0) is 13.1 Å². The number of hydrogen-bond acceptors (Lipinski definition) is 9. The van der Waals surface area contributed by atoms with E-state index in [0.29, 0.717) is 61.3 Å². The van der Waals surface area contributed by atoms with Crippen LogP contribution in [0.1, 0.15) is 49.8 Å². The second kappa shape index (κ2) is 12.7. The SMILES string of the molecule is COc1cc(CN(Cc2cn3c4c(c(N5CC6CC(F)(F)CC6C5)c(F)cc4c2=O)OCC3C)[C@H]2CCCN(c3ccc(N)nc3)C2)ccn1. The molecule has 3 fully saturated rings. The molecule has 1 saturated carbocycles. The third kappa shape index (κ3) is 5.99. The van der Waals surface area contributed by atoms with Crippen molar-refractivity contribution < 1.29 is 22.6 Å². The van der Waals surface area contributed by atoms with Gasteiger partial charge in [0.25, 0.3) is 0 Å². The zero-order valence-corrected chi connectivity index (χ0v) is 28.3. The number of alkyl halides is 2. The summed E-state index contributed by atoms with van der Waals surface area (Å²) in [6.45, 7) is 5.50. The fourth-order valence-corrected chi connectivity index (χ4v) is 8.61. The molecule has 2 saturated heterocycles. The van der Waals surface area contributed by atoms with Gasteiger partial charge in [-0.1, -0.05) is 0 Å². The number of ether oxygens (including phenoxy) is 2. The average Bonchev–Trinajstić information content (AvgIpc) is 3.61. The van der Waals surface area contributed by atoms with Crippen molar-refractivity contribution in [2.24, 2.45) is 11.8 Å². The van der Waals surface area contributed by atoms with Crippen molar-refractivity contribution in [1.29, 1.82) is 0 Å². The van der Waals surface area contributed by atoms with E-state index in [-0.39, 0.29) is 53.3 Å². The number of nitrogens with zero attached hydrogens (tertiary/aromatic N) is 6. The lowest BCUT2D eigenvalue weighted by atomic mass is 10.0. The normalized spacial score (nSPS) is 24.1. The van der Waals surface area contributed by atoms with Gasteiger partial charge in [-0.3, -0.25) is 9.69 Å². The Bertz CT molecular complexity index is 1960. The third-order valence-electron chi connectivity index (χ3n) is 11.0. The predicted molar refractivity (Wildman–Crippen MR) is 186 cm³/mol. The molecule has 13 heteroatoms. The summed E-state index contributed by atoms with van der Waals surface area (Å²) >= 11 is 0. The molecule has 0 radical (unpaired) electrons. The monoisotopic (exact) mass is 689 g/mol. The van der Waals surface area contributed by atoms with E-state index in [4.69, 9.17) is 15.2 Å². The summed E-state index contributed by atoms with van der Waals surface area (Å²) < 4.78 is 58.1. The Morgan fingerprint density at radius 3 is 2.62 bits per heavy atom. The Balaban J connectivity index is 1.15. The van der Waals surface area contributed by atoms with Crippen molar-refractivity contribution in [3.63, 3.8) is 0 Å². The molecule has 3 unspecified atom stereocenters. The van der Waals surface area contributed by atoms with Crippen molar-refractivity contribution >= 4 is 28.1 Å². The molecule has 3 aromatic heterocycles. The number of aromatic nitrogens is 3. The molecule has 264 valence electrons. The fraction of sp³-hybridized carbons (Fsp3) is 0.486. The maximum Gasteiger partial charge on any atom is 0.248 e. The minimum absolute atomic E-state index is 0.0920. The van der Waals surface area contributed by atoms with Crippen molar-refractivity contribution in [3.05, 3.63) is 76.1 Å². The van der Waals surface area contributed by atoms with Gasteiger partial charge in [0, 0.05) is 82.2 Å². The number of anilines is 3. The molecule has 1 aromatic carbocycles. The zero-order chi connectivity index (χ0) is 34.7. The molecule has 6 heterocycles. The number of pyridine rings is 3. The highest BCUT2D eigenvalue weighted by molar-refractivity contribution is 5.92. The van der Waals surface area contributed by atoms with Crippen LogP contribution in [0.25, 0.3) is 10.9 Å². The molecule has 10 nitrogen and oxygen atoms in total. The molecule has 1 aliphatic carbocycles. The number of piperidine rings is 1. The fourth-order valence-electron chi connectivity index (χ4n) is 8.61. The lowest BCUT2D eigenvalue weighted by molar-refractivity contribution is 0.00172. The molecular formula is C37H42F3N7O3. The van der Waals surface area contributed by atoms with E-state index in [9.17, 15) is 13.6 Å². The Morgan fingerprint density at radius 2 is 1.88 bits per heavy atom. The number of halogens is 3. The number of benzene rings is 1. The van der Waals surface area contributed by atoms with Gasteiger partial charge < -0.3 is 29.6 Å². The van der Waals surface area contributed by atoms with E-state index in [0.717, 1.165) is 37.2 Å². The summed E-state index contributed by atoms with van der Waals surface area (Å²) in [5, 5.41) is 0.264. The van der Waals surface area contributed by atoms with Crippen molar-refractivity contribution in [3.8, 4) is 11.6 Å². The number of rotatable bonds is 8. The quantitative estimate of drug-likeness (QED) is 0.252. The van der Waals surface area contributed by atoms with Gasteiger partial charge in [-0.15, -0.1) is 0 Å². The van der Waals surface area contributed by atoms with Crippen LogP contribution >= 0.6 is 0 Å². The Kier molecular flexibility index (Phi) is 8.28. The van der Waals surface area contributed by atoms with Gasteiger partial charge in [-0.2, -0.15) is 0 Å². The van der Waals surface area contributed by atoms with Crippen LogP contribution in [0.2, 0.25) is 0 Å². The lowest BCUT2D eigenvalue weighted by Gasteiger charge is -2.40. The van der Waals surface area contributed by atoms with Crippen LogP contribution in [0.3, 0.4) is 0 Å².